The summed E-state index contributed by atoms with van der Waals surface area (Å²) in [4.78, 5) is 12.4. The molecule has 5 nitrogen and oxygen atoms in total. The fourth-order valence-corrected chi connectivity index (χ4v) is 2.66. The number of rotatable bonds is 5. The van der Waals surface area contributed by atoms with Gasteiger partial charge in [0.15, 0.2) is 0 Å². The molecule has 0 saturated carbocycles. The molecular weight excluding hydrogens is 330 g/mol. The van der Waals surface area contributed by atoms with E-state index in [2.05, 4.69) is 5.16 Å². The maximum absolute atomic E-state index is 12.4. The molecule has 0 N–H and O–H groups in total. The lowest BCUT2D eigenvalue weighted by Gasteiger charge is -2.11. The molecule has 0 fully saturated rings. The van der Waals surface area contributed by atoms with Crippen LogP contribution in [0.5, 0.6) is 11.5 Å². The van der Waals surface area contributed by atoms with E-state index >= 15 is 0 Å². The van der Waals surface area contributed by atoms with E-state index in [9.17, 15) is 4.79 Å². The van der Waals surface area contributed by atoms with Gasteiger partial charge in [-0.25, -0.2) is 4.79 Å². The zero-order chi connectivity index (χ0) is 18.7. The fourth-order valence-electron chi connectivity index (χ4n) is 2.66. The van der Waals surface area contributed by atoms with Crippen LogP contribution in [0.4, 0.5) is 0 Å². The number of benzene rings is 2. The SMILES string of the molecule is Cc1cccc(C)c1OC(=O)c1ccc(OCc2c(C)noc2C)cc1. The molecular formula is C21H21NO4. The van der Waals surface area contributed by atoms with Gasteiger partial charge in [0.2, 0.25) is 0 Å². The molecule has 1 aromatic heterocycles. The zero-order valence-electron chi connectivity index (χ0n) is 15.3. The van der Waals surface area contributed by atoms with E-state index in [1.54, 1.807) is 24.3 Å². The first-order valence-corrected chi connectivity index (χ1v) is 8.38. The van der Waals surface area contributed by atoms with E-state index in [0.717, 1.165) is 28.1 Å². The first-order valence-electron chi connectivity index (χ1n) is 8.38. The van der Waals surface area contributed by atoms with E-state index < -0.39 is 0 Å². The van der Waals surface area contributed by atoms with Gasteiger partial charge in [-0.15, -0.1) is 0 Å². The Morgan fingerprint density at radius 2 is 1.65 bits per heavy atom. The van der Waals surface area contributed by atoms with Crippen LogP contribution in [0.1, 0.15) is 38.5 Å². The average molecular weight is 351 g/mol. The number of aryl methyl sites for hydroxylation is 4. The molecule has 0 saturated heterocycles. The normalized spacial score (nSPS) is 10.6. The van der Waals surface area contributed by atoms with Crippen molar-refractivity contribution in [3.8, 4) is 11.5 Å². The second kappa shape index (κ2) is 7.44. The summed E-state index contributed by atoms with van der Waals surface area (Å²) in [6, 6.07) is 12.7. The highest BCUT2D eigenvalue weighted by Gasteiger charge is 2.13. The summed E-state index contributed by atoms with van der Waals surface area (Å²) >= 11 is 0. The van der Waals surface area contributed by atoms with E-state index in [1.165, 1.54) is 0 Å². The Morgan fingerprint density at radius 3 is 2.23 bits per heavy atom. The lowest BCUT2D eigenvalue weighted by Crippen LogP contribution is -2.10. The van der Waals surface area contributed by atoms with Crippen LogP contribution < -0.4 is 9.47 Å². The third-order valence-electron chi connectivity index (χ3n) is 4.26. The molecule has 0 radical (unpaired) electrons. The molecule has 26 heavy (non-hydrogen) atoms. The van der Waals surface area contributed by atoms with Gasteiger partial charge < -0.3 is 14.0 Å². The predicted molar refractivity (Wildman–Crippen MR) is 97.6 cm³/mol. The number of nitrogens with zero attached hydrogens (tertiary/aromatic N) is 1. The molecule has 5 heteroatoms. The van der Waals surface area contributed by atoms with Crippen molar-refractivity contribution in [3.63, 3.8) is 0 Å². The molecule has 0 aliphatic rings. The van der Waals surface area contributed by atoms with Crippen molar-refractivity contribution in [3.05, 3.63) is 76.2 Å². The van der Waals surface area contributed by atoms with Crippen molar-refractivity contribution in [2.45, 2.75) is 34.3 Å². The number of hydrogen-bond donors (Lipinski definition) is 0. The van der Waals surface area contributed by atoms with Gasteiger partial charge in [-0.05, 0) is 63.1 Å². The van der Waals surface area contributed by atoms with Crippen LogP contribution in [0.25, 0.3) is 0 Å². The third kappa shape index (κ3) is 3.77. The number of aromatic nitrogens is 1. The molecule has 0 aliphatic heterocycles. The van der Waals surface area contributed by atoms with Gasteiger partial charge in [-0.3, -0.25) is 0 Å². The zero-order valence-corrected chi connectivity index (χ0v) is 15.3. The van der Waals surface area contributed by atoms with Gasteiger partial charge in [0.1, 0.15) is 23.9 Å². The Kier molecular flexibility index (Phi) is 5.07. The maximum Gasteiger partial charge on any atom is 0.343 e. The van der Waals surface area contributed by atoms with Crippen molar-refractivity contribution >= 4 is 5.97 Å². The molecule has 0 unspecified atom stereocenters. The highest BCUT2D eigenvalue weighted by atomic mass is 16.5. The van der Waals surface area contributed by atoms with Gasteiger partial charge in [-0.2, -0.15) is 0 Å². The van der Waals surface area contributed by atoms with Crippen LogP contribution in [0.3, 0.4) is 0 Å². The predicted octanol–water partition coefficient (Wildman–Crippen LogP) is 4.71. The minimum Gasteiger partial charge on any atom is -0.489 e. The molecule has 0 amide bonds. The second-order valence-corrected chi connectivity index (χ2v) is 6.23. The van der Waals surface area contributed by atoms with Gasteiger partial charge >= 0.3 is 5.97 Å². The third-order valence-corrected chi connectivity index (χ3v) is 4.26. The van der Waals surface area contributed by atoms with Crippen LogP contribution in [-0.4, -0.2) is 11.1 Å². The molecule has 0 atom stereocenters. The van der Waals surface area contributed by atoms with Crippen LogP contribution in [0.2, 0.25) is 0 Å². The number of hydrogen-bond acceptors (Lipinski definition) is 5. The van der Waals surface area contributed by atoms with Crippen LogP contribution >= 0.6 is 0 Å². The maximum atomic E-state index is 12.4. The molecule has 0 bridgehead atoms. The standard InChI is InChI=1S/C21H21NO4/c1-13-6-5-7-14(2)20(13)25-21(23)17-8-10-18(11-9-17)24-12-19-15(3)22-26-16(19)4/h5-11H,12H2,1-4H3. The minimum absolute atomic E-state index is 0.368. The van der Waals surface area contributed by atoms with Crippen molar-refractivity contribution in [2.24, 2.45) is 0 Å². The summed E-state index contributed by atoms with van der Waals surface area (Å²) in [6.07, 6.45) is 0. The van der Waals surface area contributed by atoms with Crippen LogP contribution in [-0.2, 0) is 6.61 Å². The first-order chi connectivity index (χ1) is 12.5. The fraction of sp³-hybridized carbons (Fsp3) is 0.238. The van der Waals surface area contributed by atoms with Crippen LogP contribution in [0, 0.1) is 27.7 Å². The lowest BCUT2D eigenvalue weighted by atomic mass is 10.1. The first kappa shape index (κ1) is 17.7. The van der Waals surface area contributed by atoms with Crippen molar-refractivity contribution in [1.29, 1.82) is 0 Å². The van der Waals surface area contributed by atoms with E-state index in [-0.39, 0.29) is 5.97 Å². The minimum atomic E-state index is -0.389. The molecule has 134 valence electrons. The van der Waals surface area contributed by atoms with E-state index in [0.29, 0.717) is 23.7 Å². The molecule has 2 aromatic carbocycles. The van der Waals surface area contributed by atoms with E-state index in [1.807, 2.05) is 45.9 Å². The van der Waals surface area contributed by atoms with Gasteiger partial charge in [0.25, 0.3) is 0 Å². The van der Waals surface area contributed by atoms with Gasteiger partial charge in [0, 0.05) is 0 Å². The summed E-state index contributed by atoms with van der Waals surface area (Å²) in [5.74, 6) is 1.63. The largest absolute Gasteiger partial charge is 0.489 e. The van der Waals surface area contributed by atoms with Crippen molar-refractivity contribution < 1.29 is 18.8 Å². The van der Waals surface area contributed by atoms with Gasteiger partial charge in [-0.1, -0.05) is 23.4 Å². The number of ether oxygens (including phenoxy) is 2. The topological polar surface area (TPSA) is 61.6 Å². The quantitative estimate of drug-likeness (QED) is 0.492. The molecule has 0 aliphatic carbocycles. The summed E-state index contributed by atoms with van der Waals surface area (Å²) in [5, 5.41) is 3.90. The second-order valence-electron chi connectivity index (χ2n) is 6.23. The monoisotopic (exact) mass is 351 g/mol. The summed E-state index contributed by atoms with van der Waals surface area (Å²) in [5.41, 5.74) is 4.08. The van der Waals surface area contributed by atoms with Crippen LogP contribution in [0.15, 0.2) is 47.0 Å². The lowest BCUT2D eigenvalue weighted by molar-refractivity contribution is 0.0732. The highest BCUT2D eigenvalue weighted by Crippen LogP contribution is 2.24. The highest BCUT2D eigenvalue weighted by molar-refractivity contribution is 5.91. The molecule has 0 spiro atoms. The summed E-state index contributed by atoms with van der Waals surface area (Å²) < 4.78 is 16.4. The number of para-hydroxylation sites is 1. The molecule has 3 aromatic rings. The van der Waals surface area contributed by atoms with E-state index in [4.69, 9.17) is 14.0 Å². The molecule has 3 rings (SSSR count). The summed E-state index contributed by atoms with van der Waals surface area (Å²) in [7, 11) is 0. The van der Waals surface area contributed by atoms with Gasteiger partial charge in [0.05, 0.1) is 16.8 Å². The number of carbonyl (C=O) groups is 1. The molecule has 1 heterocycles. The average Bonchev–Trinajstić information content (AvgIpc) is 2.95. The number of esters is 1. The smallest absolute Gasteiger partial charge is 0.343 e. The summed E-state index contributed by atoms with van der Waals surface area (Å²) in [6.45, 7) is 7.93. The van der Waals surface area contributed by atoms with Crippen molar-refractivity contribution in [1.82, 2.24) is 5.16 Å². The Bertz CT molecular complexity index is 886. The number of carbonyl (C=O) groups excluding carboxylic acids is 1. The Hall–Kier alpha value is -3.08. The Balaban J connectivity index is 1.66. The Labute approximate surface area is 152 Å². The Morgan fingerprint density at radius 1 is 1.00 bits per heavy atom. The van der Waals surface area contributed by atoms with Crippen molar-refractivity contribution in [2.75, 3.05) is 0 Å².